The highest BCUT2D eigenvalue weighted by Crippen LogP contribution is 2.13. The van der Waals surface area contributed by atoms with Gasteiger partial charge in [-0.15, -0.1) is 0 Å². The van der Waals surface area contributed by atoms with Crippen molar-refractivity contribution in [1.82, 2.24) is 9.88 Å². The molecule has 0 aromatic carbocycles. The molecule has 0 saturated carbocycles. The molecule has 4 nitrogen and oxygen atoms in total. The first-order valence-corrected chi connectivity index (χ1v) is 5.15. The van der Waals surface area contributed by atoms with Gasteiger partial charge in [-0.1, -0.05) is 6.42 Å². The standard InChI is InChI=1S/C10H16N2O2/c13-8-10-11-6-9(14-10)7-12-4-2-1-3-5-12/h6,13H,1-5,7-8H2. The predicted octanol–water partition coefficient (Wildman–Crippen LogP) is 1.15. The van der Waals surface area contributed by atoms with E-state index in [-0.39, 0.29) is 6.61 Å². The van der Waals surface area contributed by atoms with Crippen molar-refractivity contribution in [2.24, 2.45) is 0 Å². The van der Waals surface area contributed by atoms with E-state index in [2.05, 4.69) is 9.88 Å². The molecule has 1 aliphatic heterocycles. The van der Waals surface area contributed by atoms with E-state index in [9.17, 15) is 0 Å². The van der Waals surface area contributed by atoms with Gasteiger partial charge in [0.1, 0.15) is 12.4 Å². The van der Waals surface area contributed by atoms with Gasteiger partial charge in [0.2, 0.25) is 5.89 Å². The minimum Gasteiger partial charge on any atom is -0.442 e. The van der Waals surface area contributed by atoms with Crippen LogP contribution in [0.1, 0.15) is 30.9 Å². The minimum atomic E-state index is -0.111. The number of aliphatic hydroxyl groups is 1. The summed E-state index contributed by atoms with van der Waals surface area (Å²) in [6.07, 6.45) is 5.61. The summed E-state index contributed by atoms with van der Waals surface area (Å²) in [6.45, 7) is 3.01. The van der Waals surface area contributed by atoms with Gasteiger partial charge in [-0.25, -0.2) is 4.98 Å². The Kier molecular flexibility index (Phi) is 3.16. The summed E-state index contributed by atoms with van der Waals surface area (Å²) in [5.41, 5.74) is 0. The second-order valence-corrected chi connectivity index (χ2v) is 3.72. The summed E-state index contributed by atoms with van der Waals surface area (Å²) in [5.74, 6) is 1.27. The molecule has 1 N–H and O–H groups in total. The Hall–Kier alpha value is -0.870. The summed E-state index contributed by atoms with van der Waals surface area (Å²) >= 11 is 0. The Labute approximate surface area is 83.5 Å². The Balaban J connectivity index is 1.89. The van der Waals surface area contributed by atoms with Crippen molar-refractivity contribution in [2.75, 3.05) is 13.1 Å². The van der Waals surface area contributed by atoms with Crippen molar-refractivity contribution in [3.05, 3.63) is 17.8 Å². The van der Waals surface area contributed by atoms with Crippen LogP contribution >= 0.6 is 0 Å². The topological polar surface area (TPSA) is 49.5 Å². The first-order chi connectivity index (χ1) is 6.88. The number of aliphatic hydroxyl groups excluding tert-OH is 1. The molecule has 14 heavy (non-hydrogen) atoms. The summed E-state index contributed by atoms with van der Waals surface area (Å²) in [6, 6.07) is 0. The van der Waals surface area contributed by atoms with Crippen molar-refractivity contribution >= 4 is 0 Å². The van der Waals surface area contributed by atoms with Crippen molar-refractivity contribution in [2.45, 2.75) is 32.4 Å². The third-order valence-corrected chi connectivity index (χ3v) is 2.56. The van der Waals surface area contributed by atoms with Gasteiger partial charge in [0, 0.05) is 0 Å². The third kappa shape index (κ3) is 2.33. The van der Waals surface area contributed by atoms with Gasteiger partial charge in [-0.05, 0) is 25.9 Å². The number of hydrogen-bond acceptors (Lipinski definition) is 4. The van der Waals surface area contributed by atoms with Crippen molar-refractivity contribution in [3.8, 4) is 0 Å². The van der Waals surface area contributed by atoms with Gasteiger partial charge in [0.15, 0.2) is 0 Å². The van der Waals surface area contributed by atoms with Crippen LogP contribution in [0.5, 0.6) is 0 Å². The maximum atomic E-state index is 8.79. The van der Waals surface area contributed by atoms with E-state index in [1.54, 1.807) is 6.20 Å². The number of aromatic nitrogens is 1. The molecule has 1 saturated heterocycles. The average Bonchev–Trinajstić information content (AvgIpc) is 2.67. The van der Waals surface area contributed by atoms with E-state index in [1.165, 1.54) is 19.3 Å². The summed E-state index contributed by atoms with van der Waals surface area (Å²) < 4.78 is 5.33. The largest absolute Gasteiger partial charge is 0.442 e. The maximum Gasteiger partial charge on any atom is 0.220 e. The van der Waals surface area contributed by atoms with Crippen LogP contribution in [0.4, 0.5) is 0 Å². The molecule has 2 rings (SSSR count). The molecule has 0 bridgehead atoms. The molecule has 0 aliphatic carbocycles. The van der Waals surface area contributed by atoms with Crippen molar-refractivity contribution < 1.29 is 9.52 Å². The van der Waals surface area contributed by atoms with Gasteiger partial charge in [-0.3, -0.25) is 4.90 Å². The van der Waals surface area contributed by atoms with Crippen LogP contribution in [0.2, 0.25) is 0 Å². The fourth-order valence-corrected chi connectivity index (χ4v) is 1.83. The third-order valence-electron chi connectivity index (χ3n) is 2.56. The zero-order valence-electron chi connectivity index (χ0n) is 8.28. The zero-order chi connectivity index (χ0) is 9.80. The van der Waals surface area contributed by atoms with Crippen LogP contribution < -0.4 is 0 Å². The van der Waals surface area contributed by atoms with Crippen LogP contribution in [0.15, 0.2) is 10.6 Å². The van der Waals surface area contributed by atoms with E-state index < -0.39 is 0 Å². The Morgan fingerprint density at radius 2 is 2.14 bits per heavy atom. The molecule has 0 radical (unpaired) electrons. The highest BCUT2D eigenvalue weighted by Gasteiger charge is 2.12. The number of oxazole rings is 1. The average molecular weight is 196 g/mol. The SMILES string of the molecule is OCc1ncc(CN2CCCCC2)o1. The van der Waals surface area contributed by atoms with E-state index in [1.807, 2.05) is 0 Å². The quantitative estimate of drug-likeness (QED) is 0.788. The molecular weight excluding hydrogens is 180 g/mol. The minimum absolute atomic E-state index is 0.111. The number of hydrogen-bond donors (Lipinski definition) is 1. The van der Waals surface area contributed by atoms with Crippen LogP contribution in [-0.2, 0) is 13.2 Å². The van der Waals surface area contributed by atoms with Gasteiger partial charge >= 0.3 is 0 Å². The van der Waals surface area contributed by atoms with Gasteiger partial charge in [0.05, 0.1) is 12.7 Å². The molecule has 1 aromatic heterocycles. The lowest BCUT2D eigenvalue weighted by molar-refractivity contribution is 0.193. The fourth-order valence-electron chi connectivity index (χ4n) is 1.83. The summed E-state index contributed by atoms with van der Waals surface area (Å²) in [4.78, 5) is 6.32. The monoisotopic (exact) mass is 196 g/mol. The second-order valence-electron chi connectivity index (χ2n) is 3.72. The molecule has 2 heterocycles. The molecular formula is C10H16N2O2. The molecule has 0 amide bonds. The van der Waals surface area contributed by atoms with E-state index in [0.717, 1.165) is 25.4 Å². The summed E-state index contributed by atoms with van der Waals surface area (Å²) in [7, 11) is 0. The van der Waals surface area contributed by atoms with Gasteiger partial charge in [0.25, 0.3) is 0 Å². The van der Waals surface area contributed by atoms with Crippen LogP contribution in [0, 0.1) is 0 Å². The normalized spacial score (nSPS) is 18.6. The van der Waals surface area contributed by atoms with E-state index in [4.69, 9.17) is 9.52 Å². The van der Waals surface area contributed by atoms with Gasteiger partial charge in [-0.2, -0.15) is 0 Å². The van der Waals surface area contributed by atoms with E-state index in [0.29, 0.717) is 5.89 Å². The molecule has 0 unspecified atom stereocenters. The molecule has 4 heteroatoms. The molecule has 78 valence electrons. The van der Waals surface area contributed by atoms with E-state index >= 15 is 0 Å². The molecule has 0 spiro atoms. The first-order valence-electron chi connectivity index (χ1n) is 5.15. The number of likely N-dealkylation sites (tertiary alicyclic amines) is 1. The van der Waals surface area contributed by atoms with Crippen LogP contribution in [0.25, 0.3) is 0 Å². The smallest absolute Gasteiger partial charge is 0.220 e. The Bertz CT molecular complexity index is 279. The summed E-state index contributed by atoms with van der Waals surface area (Å²) in [5, 5.41) is 8.79. The molecule has 1 aliphatic rings. The van der Waals surface area contributed by atoms with Crippen molar-refractivity contribution in [3.63, 3.8) is 0 Å². The lowest BCUT2D eigenvalue weighted by Gasteiger charge is -2.24. The second kappa shape index (κ2) is 4.57. The lowest BCUT2D eigenvalue weighted by Crippen LogP contribution is -2.28. The Morgan fingerprint density at radius 3 is 2.79 bits per heavy atom. The maximum absolute atomic E-state index is 8.79. The molecule has 0 atom stereocenters. The highest BCUT2D eigenvalue weighted by molar-refractivity contribution is 4.93. The van der Waals surface area contributed by atoms with Crippen LogP contribution in [-0.4, -0.2) is 28.1 Å². The zero-order valence-corrected chi connectivity index (χ0v) is 8.28. The number of rotatable bonds is 3. The number of nitrogens with zero attached hydrogens (tertiary/aromatic N) is 2. The molecule has 1 fully saturated rings. The Morgan fingerprint density at radius 1 is 1.36 bits per heavy atom. The molecule has 1 aromatic rings. The first kappa shape index (κ1) is 9.68. The van der Waals surface area contributed by atoms with Gasteiger partial charge < -0.3 is 9.52 Å². The lowest BCUT2D eigenvalue weighted by atomic mass is 10.1. The predicted molar refractivity (Wildman–Crippen MR) is 51.6 cm³/mol. The van der Waals surface area contributed by atoms with Crippen LogP contribution in [0.3, 0.4) is 0 Å². The fraction of sp³-hybridized carbons (Fsp3) is 0.700. The highest BCUT2D eigenvalue weighted by atomic mass is 16.4. The van der Waals surface area contributed by atoms with Crippen molar-refractivity contribution in [1.29, 1.82) is 0 Å². The number of piperidine rings is 1.